The maximum absolute atomic E-state index is 14.2. The van der Waals surface area contributed by atoms with Gasteiger partial charge < -0.3 is 24.0 Å². The molecule has 0 N–H and O–H groups in total. The Balaban J connectivity index is 0.00000205. The second kappa shape index (κ2) is 22.3. The predicted molar refractivity (Wildman–Crippen MR) is 209 cm³/mol. The van der Waals surface area contributed by atoms with Gasteiger partial charge in [-0.3, -0.25) is 9.69 Å². The van der Waals surface area contributed by atoms with Gasteiger partial charge in [0.2, 0.25) is 0 Å². The van der Waals surface area contributed by atoms with Crippen molar-refractivity contribution < 1.29 is 32.6 Å². The van der Waals surface area contributed by atoms with Gasteiger partial charge in [-0.1, -0.05) is 46.3 Å². The van der Waals surface area contributed by atoms with E-state index in [0.29, 0.717) is 73.7 Å². The van der Waals surface area contributed by atoms with Crippen LogP contribution in [0.3, 0.4) is 0 Å². The highest BCUT2D eigenvalue weighted by Crippen LogP contribution is 2.28. The van der Waals surface area contributed by atoms with Gasteiger partial charge in [0.1, 0.15) is 28.6 Å². The summed E-state index contributed by atoms with van der Waals surface area (Å²) in [5.41, 5.74) is 2.14. The van der Waals surface area contributed by atoms with Crippen LogP contribution in [-0.4, -0.2) is 102 Å². The lowest BCUT2D eigenvalue weighted by molar-refractivity contribution is -0.138. The first-order chi connectivity index (χ1) is 24.0. The van der Waals surface area contributed by atoms with E-state index < -0.39 is 24.2 Å². The molecule has 0 spiro atoms. The van der Waals surface area contributed by atoms with Crippen LogP contribution in [0.2, 0.25) is 0 Å². The Morgan fingerprint density at radius 1 is 1.04 bits per heavy atom. The average Bonchev–Trinajstić information content (AvgIpc) is 3.34. The van der Waals surface area contributed by atoms with Crippen LogP contribution in [-0.2, 0) is 19.0 Å². The number of amidine groups is 2. The molecule has 0 aromatic rings. The Kier molecular flexibility index (Phi) is 20.6. The number of aliphatic imine (C=N–C) groups is 3. The van der Waals surface area contributed by atoms with Crippen LogP contribution < -0.4 is 0 Å². The van der Waals surface area contributed by atoms with Crippen LogP contribution in [0, 0.1) is 0 Å². The molecule has 2 aliphatic heterocycles. The van der Waals surface area contributed by atoms with Crippen molar-refractivity contribution in [2.75, 3.05) is 39.9 Å². The van der Waals surface area contributed by atoms with Crippen LogP contribution in [0.1, 0.15) is 116 Å². The van der Waals surface area contributed by atoms with Crippen LogP contribution in [0.15, 0.2) is 61.7 Å². The van der Waals surface area contributed by atoms with Crippen molar-refractivity contribution in [2.24, 2.45) is 15.0 Å². The van der Waals surface area contributed by atoms with Crippen molar-refractivity contribution in [3.63, 3.8) is 0 Å². The molecular weight excluding hydrogens is 670 g/mol. The minimum atomic E-state index is -2.98. The van der Waals surface area contributed by atoms with E-state index in [2.05, 4.69) is 40.0 Å². The summed E-state index contributed by atoms with van der Waals surface area (Å²) in [4.78, 5) is 41.3. The Morgan fingerprint density at radius 3 is 2.00 bits per heavy atom. The summed E-state index contributed by atoms with van der Waals surface area (Å²) in [6.45, 7) is 31.9. The van der Waals surface area contributed by atoms with Crippen molar-refractivity contribution in [2.45, 2.75) is 133 Å². The monoisotopic (exact) mass is 737 g/mol. The molecule has 0 aliphatic carbocycles. The molecule has 296 valence electrons. The minimum Gasteiger partial charge on any atom is -0.462 e. The Bertz CT molecular complexity index is 1370. The Hall–Kier alpha value is -3.87. The summed E-state index contributed by atoms with van der Waals surface area (Å²) in [5.74, 6) is -1.80. The lowest BCUT2D eigenvalue weighted by atomic mass is 10.2. The number of carbonyl (C=O) groups excluding carboxylic acids is 2. The number of rotatable bonds is 11. The van der Waals surface area contributed by atoms with E-state index >= 15 is 0 Å². The van der Waals surface area contributed by atoms with E-state index in [9.17, 15) is 18.4 Å². The van der Waals surface area contributed by atoms with Gasteiger partial charge in [0, 0.05) is 44.5 Å². The first-order valence-corrected chi connectivity index (χ1v) is 18.0. The fourth-order valence-electron chi connectivity index (χ4n) is 4.27. The van der Waals surface area contributed by atoms with Gasteiger partial charge in [-0.2, -0.15) is 0 Å². The number of halogens is 2. The van der Waals surface area contributed by atoms with E-state index in [1.54, 1.807) is 47.0 Å². The molecule has 1 saturated heterocycles. The summed E-state index contributed by atoms with van der Waals surface area (Å²) < 4.78 is 44.0. The van der Waals surface area contributed by atoms with Gasteiger partial charge in [0.15, 0.2) is 5.84 Å². The third-order valence-corrected chi connectivity index (χ3v) is 7.41. The van der Waals surface area contributed by atoms with E-state index in [1.165, 1.54) is 22.6 Å². The van der Waals surface area contributed by atoms with Crippen molar-refractivity contribution in [1.29, 1.82) is 0 Å². The highest BCUT2D eigenvalue weighted by Gasteiger charge is 2.35. The van der Waals surface area contributed by atoms with Gasteiger partial charge in [-0.25, -0.2) is 28.6 Å². The first-order valence-electron chi connectivity index (χ1n) is 18.0. The van der Waals surface area contributed by atoms with Crippen LogP contribution >= 0.6 is 0 Å². The van der Waals surface area contributed by atoms with E-state index in [0.717, 1.165) is 18.2 Å². The minimum absolute atomic E-state index is 0.303. The van der Waals surface area contributed by atoms with E-state index in [-0.39, 0.29) is 5.60 Å². The molecule has 2 heterocycles. The molecule has 2 aliphatic rings. The number of hydrogen-bond donors (Lipinski definition) is 0. The highest BCUT2D eigenvalue weighted by atomic mass is 19.3. The summed E-state index contributed by atoms with van der Waals surface area (Å²) in [6.07, 6.45) is 6.13. The second-order valence-electron chi connectivity index (χ2n) is 14.6. The molecule has 0 aromatic carbocycles. The molecule has 0 radical (unpaired) electrons. The third-order valence-electron chi connectivity index (χ3n) is 7.41. The zero-order valence-corrected chi connectivity index (χ0v) is 34.6. The molecule has 1 amide bonds. The second-order valence-corrected chi connectivity index (χ2v) is 14.6. The molecule has 0 atom stereocenters. The molecule has 0 bridgehead atoms. The number of morpholine rings is 1. The molecular formula is C39H66F2N6O5. The molecule has 2 rings (SSSR count). The first kappa shape index (κ1) is 48.1. The predicted octanol–water partition coefficient (Wildman–Crippen LogP) is 9.14. The Labute approximate surface area is 312 Å². The lowest BCUT2D eigenvalue weighted by Crippen LogP contribution is -2.40. The molecule has 0 saturated carbocycles. The quantitative estimate of drug-likeness (QED) is 0.118. The fraction of sp³-hybridized carbons (Fsp3) is 0.667. The number of amides is 1. The van der Waals surface area contributed by atoms with Crippen LogP contribution in [0.25, 0.3) is 0 Å². The van der Waals surface area contributed by atoms with Crippen LogP contribution in [0.4, 0.5) is 13.6 Å². The smallest absolute Gasteiger partial charge is 0.415 e. The number of nitrogens with zero attached hydrogens (tertiary/aromatic N) is 6. The summed E-state index contributed by atoms with van der Waals surface area (Å²) in [7, 11) is 1.61. The number of ether oxygens (including phenoxy) is 3. The number of allylic oxidation sites excluding steroid dienone is 4. The van der Waals surface area contributed by atoms with Crippen molar-refractivity contribution in [3.05, 3.63) is 46.7 Å². The van der Waals surface area contributed by atoms with E-state index in [4.69, 9.17) is 14.5 Å². The molecule has 1 fully saturated rings. The summed E-state index contributed by atoms with van der Waals surface area (Å²) in [6, 6.07) is 0. The largest absolute Gasteiger partial charge is 0.462 e. The van der Waals surface area contributed by atoms with Gasteiger partial charge in [0.05, 0.1) is 25.5 Å². The molecule has 11 nitrogen and oxygen atoms in total. The van der Waals surface area contributed by atoms with Crippen molar-refractivity contribution >= 4 is 30.5 Å². The van der Waals surface area contributed by atoms with Gasteiger partial charge >= 0.3 is 6.09 Å². The number of carbonyl (C=O) groups is 2. The normalized spacial score (nSPS) is 17.8. The number of hydrogen-bond acceptors (Lipinski definition) is 9. The molecule has 0 aromatic heterocycles. The lowest BCUT2D eigenvalue weighted by Gasteiger charge is -2.30. The van der Waals surface area contributed by atoms with Crippen LogP contribution in [0.5, 0.6) is 0 Å². The summed E-state index contributed by atoms with van der Waals surface area (Å²) in [5, 5.41) is 0. The van der Waals surface area contributed by atoms with Gasteiger partial charge in [-0.05, 0) is 81.2 Å². The van der Waals surface area contributed by atoms with Gasteiger partial charge in [0.25, 0.3) is 12.4 Å². The average molecular weight is 737 g/mol. The number of alkyl halides is 2. The SMILES string of the molecule is C=C(N=C1/C(=C(\C)N2CCOCC2)N=C(C)N1CC(C)(F)F)C(/C=N\C(=C(C)CC)N(C)C(=O)OC(C)(C)C)=C/C.CC(C)(C)OC=O.CCCC. The van der Waals surface area contributed by atoms with Gasteiger partial charge in [-0.15, -0.1) is 0 Å². The Morgan fingerprint density at radius 2 is 1.60 bits per heavy atom. The van der Waals surface area contributed by atoms with Crippen molar-refractivity contribution in [3.8, 4) is 0 Å². The zero-order valence-electron chi connectivity index (χ0n) is 34.6. The summed E-state index contributed by atoms with van der Waals surface area (Å²) >= 11 is 0. The third kappa shape index (κ3) is 18.1. The highest BCUT2D eigenvalue weighted by molar-refractivity contribution is 6.15. The fourth-order valence-corrected chi connectivity index (χ4v) is 4.27. The van der Waals surface area contributed by atoms with Crippen molar-refractivity contribution in [1.82, 2.24) is 14.7 Å². The molecule has 0 unspecified atom stereocenters. The zero-order chi connectivity index (χ0) is 40.4. The molecule has 13 heteroatoms. The standard InChI is InChI=1S/C30H46F2N6O3.C5H10O2.C4H10/c1-12-20(3)26(36(11)28(39)41-29(7,8)9)33-18-24(13-2)21(4)34-27-25(22(5)37-14-16-40-17-15-37)35-23(6)38(27)19-30(10,31)32;1-5(2,3)7-4-6;1-3-4-2/h13,18H,4,12,14-17,19H2,1-3,5-11H3;4H,1-3H3;3-4H2,1-2H3/b24-13+,25-22-,26-20?,33-18-,34-27?;;. The molecule has 52 heavy (non-hydrogen) atoms. The topological polar surface area (TPSA) is 109 Å². The maximum atomic E-state index is 14.2. The maximum Gasteiger partial charge on any atom is 0.415 e. The number of unbranched alkanes of at least 4 members (excludes halogenated alkanes) is 1. The van der Waals surface area contributed by atoms with E-state index in [1.807, 2.05) is 48.5 Å².